The van der Waals surface area contributed by atoms with Crippen LogP contribution < -0.4 is 0 Å². The third kappa shape index (κ3) is 2.51. The number of hydrogen-bond acceptors (Lipinski definition) is 0. The molecule has 2 N–H and O–H groups in total. The molecule has 0 aliphatic heterocycles. The first-order valence-electron chi connectivity index (χ1n) is 8.63. The van der Waals surface area contributed by atoms with Crippen molar-refractivity contribution in [3.63, 3.8) is 0 Å². The lowest BCUT2D eigenvalue weighted by molar-refractivity contribution is 0.698. The van der Waals surface area contributed by atoms with Gasteiger partial charge in [-0.3, -0.25) is 0 Å². The van der Waals surface area contributed by atoms with Gasteiger partial charge in [0.2, 0.25) is 0 Å². The number of hydrogen-bond donors (Lipinski definition) is 2. The van der Waals surface area contributed by atoms with Crippen LogP contribution in [0.1, 0.15) is 33.6 Å². The molecule has 0 amide bonds. The Bertz CT molecular complexity index is 847. The zero-order chi connectivity index (χ0) is 17.3. The van der Waals surface area contributed by atoms with Gasteiger partial charge in [0.1, 0.15) is 5.41 Å². The second-order valence-corrected chi connectivity index (χ2v) is 6.65. The van der Waals surface area contributed by atoms with Crippen LogP contribution in [-0.2, 0) is 5.41 Å². The Balaban J connectivity index is 2.08. The van der Waals surface area contributed by atoms with Gasteiger partial charge in [0.25, 0.3) is 0 Å². The Morgan fingerprint density at radius 3 is 1.28 bits per heavy atom. The number of nitrogens with one attached hydrogen (secondary N) is 2. The van der Waals surface area contributed by atoms with Crippen molar-refractivity contribution in [2.75, 3.05) is 0 Å². The van der Waals surface area contributed by atoms with Crippen LogP contribution in [-0.4, -0.2) is 9.97 Å². The number of rotatable bonds is 4. The smallest absolute Gasteiger partial charge is 0.100 e. The maximum Gasteiger partial charge on any atom is 0.100 e. The molecular formula is C23H22N2. The summed E-state index contributed by atoms with van der Waals surface area (Å²) in [6, 6.07) is 26.1. The first-order valence-corrected chi connectivity index (χ1v) is 8.63. The van der Waals surface area contributed by atoms with Crippen molar-refractivity contribution in [3.05, 3.63) is 119 Å². The van der Waals surface area contributed by atoms with Crippen molar-refractivity contribution in [2.24, 2.45) is 0 Å². The number of aromatic nitrogens is 2. The summed E-state index contributed by atoms with van der Waals surface area (Å²) < 4.78 is 0. The second kappa shape index (κ2) is 6.14. The lowest BCUT2D eigenvalue weighted by Crippen LogP contribution is -2.31. The predicted octanol–water partition coefficient (Wildman–Crippen LogP) is 5.34. The van der Waals surface area contributed by atoms with Crippen LogP contribution in [0, 0.1) is 13.8 Å². The largest absolute Gasteiger partial charge is 0.364 e. The summed E-state index contributed by atoms with van der Waals surface area (Å²) in [5, 5.41) is 0. The maximum absolute atomic E-state index is 3.47. The average Bonchev–Trinajstić information content (AvgIpc) is 3.33. The minimum Gasteiger partial charge on any atom is -0.364 e. The second-order valence-electron chi connectivity index (χ2n) is 6.65. The fraction of sp³-hybridized carbons (Fsp3) is 0.130. The minimum atomic E-state index is -0.394. The zero-order valence-electron chi connectivity index (χ0n) is 14.6. The number of aryl methyl sites for hydroxylation is 2. The van der Waals surface area contributed by atoms with Crippen molar-refractivity contribution in [1.29, 1.82) is 0 Å². The Morgan fingerprint density at radius 1 is 0.560 bits per heavy atom. The monoisotopic (exact) mass is 326 g/mol. The van der Waals surface area contributed by atoms with Gasteiger partial charge in [-0.1, -0.05) is 59.7 Å². The molecule has 2 heterocycles. The van der Waals surface area contributed by atoms with E-state index in [0.717, 1.165) is 11.4 Å². The summed E-state index contributed by atoms with van der Waals surface area (Å²) in [5.74, 6) is 0. The lowest BCUT2D eigenvalue weighted by Gasteiger charge is -2.34. The quantitative estimate of drug-likeness (QED) is 0.507. The number of H-pyrrole nitrogens is 2. The highest BCUT2D eigenvalue weighted by Crippen LogP contribution is 2.43. The van der Waals surface area contributed by atoms with Gasteiger partial charge in [-0.2, -0.15) is 0 Å². The number of benzene rings is 2. The summed E-state index contributed by atoms with van der Waals surface area (Å²) in [6.45, 7) is 4.25. The summed E-state index contributed by atoms with van der Waals surface area (Å²) in [7, 11) is 0. The summed E-state index contributed by atoms with van der Waals surface area (Å²) >= 11 is 0. The van der Waals surface area contributed by atoms with E-state index in [4.69, 9.17) is 0 Å². The Labute approximate surface area is 148 Å². The van der Waals surface area contributed by atoms with Crippen LogP contribution in [0.4, 0.5) is 0 Å². The number of aromatic amines is 2. The van der Waals surface area contributed by atoms with Crippen molar-refractivity contribution in [1.82, 2.24) is 9.97 Å². The van der Waals surface area contributed by atoms with E-state index < -0.39 is 5.41 Å². The van der Waals surface area contributed by atoms with Crippen LogP contribution in [0.2, 0.25) is 0 Å². The van der Waals surface area contributed by atoms with Crippen LogP contribution in [0.3, 0.4) is 0 Å². The standard InChI is InChI=1S/C23H22N2/c1-17-7-11-19(12-8-17)23(21-5-3-15-24-21,22-6-4-16-25-22)20-13-9-18(2)10-14-20/h3-16,24-25H,1-2H3. The van der Waals surface area contributed by atoms with Gasteiger partial charge in [-0.25, -0.2) is 0 Å². The zero-order valence-corrected chi connectivity index (χ0v) is 14.6. The lowest BCUT2D eigenvalue weighted by atomic mass is 9.69. The Hall–Kier alpha value is -3.00. The van der Waals surface area contributed by atoms with Gasteiger partial charge in [-0.15, -0.1) is 0 Å². The van der Waals surface area contributed by atoms with Gasteiger partial charge in [0.15, 0.2) is 0 Å². The molecule has 4 aromatic rings. The molecule has 0 aliphatic rings. The molecule has 0 saturated carbocycles. The molecule has 2 nitrogen and oxygen atoms in total. The van der Waals surface area contributed by atoms with E-state index in [1.54, 1.807) is 0 Å². The first-order chi connectivity index (χ1) is 12.2. The third-order valence-corrected chi connectivity index (χ3v) is 4.97. The molecule has 0 unspecified atom stereocenters. The van der Waals surface area contributed by atoms with E-state index in [1.807, 2.05) is 12.4 Å². The van der Waals surface area contributed by atoms with Crippen LogP contribution in [0.15, 0.2) is 85.2 Å². The fourth-order valence-corrected chi connectivity index (χ4v) is 3.67. The van der Waals surface area contributed by atoms with Crippen molar-refractivity contribution < 1.29 is 0 Å². The normalized spacial score (nSPS) is 11.6. The van der Waals surface area contributed by atoms with Gasteiger partial charge < -0.3 is 9.97 Å². The van der Waals surface area contributed by atoms with Crippen molar-refractivity contribution in [3.8, 4) is 0 Å². The molecule has 2 aromatic heterocycles. The molecule has 25 heavy (non-hydrogen) atoms. The van der Waals surface area contributed by atoms with Gasteiger partial charge in [-0.05, 0) is 49.2 Å². The summed E-state index contributed by atoms with van der Waals surface area (Å²) in [5.41, 5.74) is 6.93. The SMILES string of the molecule is Cc1ccc(C(c2ccc(C)cc2)(c2ccc[nH]2)c2ccc[nH]2)cc1. The van der Waals surface area contributed by atoms with E-state index >= 15 is 0 Å². The molecule has 124 valence electrons. The van der Waals surface area contributed by atoms with Gasteiger partial charge in [0.05, 0.1) is 0 Å². The fourth-order valence-electron chi connectivity index (χ4n) is 3.67. The molecule has 0 saturated heterocycles. The molecule has 0 spiro atoms. The molecule has 0 radical (unpaired) electrons. The molecule has 0 fully saturated rings. The van der Waals surface area contributed by atoms with Crippen molar-refractivity contribution in [2.45, 2.75) is 19.3 Å². The highest BCUT2D eigenvalue weighted by molar-refractivity contribution is 5.56. The van der Waals surface area contributed by atoms with E-state index in [1.165, 1.54) is 22.3 Å². The van der Waals surface area contributed by atoms with Gasteiger partial charge >= 0.3 is 0 Å². The molecular weight excluding hydrogens is 304 g/mol. The summed E-state index contributed by atoms with van der Waals surface area (Å²) in [6.07, 6.45) is 3.99. The van der Waals surface area contributed by atoms with Crippen LogP contribution in [0.5, 0.6) is 0 Å². The third-order valence-electron chi connectivity index (χ3n) is 4.97. The molecule has 2 aromatic carbocycles. The first kappa shape index (κ1) is 15.5. The molecule has 0 aliphatic carbocycles. The average molecular weight is 326 g/mol. The van der Waals surface area contributed by atoms with E-state index in [9.17, 15) is 0 Å². The molecule has 2 heteroatoms. The Morgan fingerprint density at radius 2 is 0.960 bits per heavy atom. The summed E-state index contributed by atoms with van der Waals surface area (Å²) in [4.78, 5) is 6.95. The molecule has 0 atom stereocenters. The Kier molecular flexibility index (Phi) is 3.81. The van der Waals surface area contributed by atoms with Gasteiger partial charge in [0, 0.05) is 23.8 Å². The van der Waals surface area contributed by atoms with Crippen LogP contribution in [0.25, 0.3) is 0 Å². The predicted molar refractivity (Wildman–Crippen MR) is 103 cm³/mol. The van der Waals surface area contributed by atoms with E-state index in [-0.39, 0.29) is 0 Å². The van der Waals surface area contributed by atoms with Crippen molar-refractivity contribution >= 4 is 0 Å². The highest BCUT2D eigenvalue weighted by Gasteiger charge is 2.40. The van der Waals surface area contributed by atoms with Crippen LogP contribution >= 0.6 is 0 Å². The van der Waals surface area contributed by atoms with E-state index in [2.05, 4.69) is 96.6 Å². The van der Waals surface area contributed by atoms with E-state index in [0.29, 0.717) is 0 Å². The topological polar surface area (TPSA) is 31.6 Å². The maximum atomic E-state index is 3.47. The molecule has 4 rings (SSSR count). The minimum absolute atomic E-state index is 0.394. The highest BCUT2D eigenvalue weighted by atomic mass is 14.8. The molecule has 0 bridgehead atoms.